The van der Waals surface area contributed by atoms with Gasteiger partial charge in [0.1, 0.15) is 18.1 Å². The standard InChI is InChI=1S/C28H28N4O3/c1-34-17-16-32-25-11-5-12-27(35-21-22-8-3-2-4-9-22)24(25)18-26(32)28(33)31(15-7-13-29)20-23-10-6-14-30-19-23/h2-6,8-12,14,18-19H,7,15-17,20-21H2,1H3. The van der Waals surface area contributed by atoms with Gasteiger partial charge in [0, 0.05) is 44.5 Å². The van der Waals surface area contributed by atoms with Gasteiger partial charge in [-0.15, -0.1) is 0 Å². The molecule has 0 unspecified atom stereocenters. The molecule has 0 atom stereocenters. The van der Waals surface area contributed by atoms with Crippen LogP contribution in [0.5, 0.6) is 5.75 Å². The first-order valence-corrected chi connectivity index (χ1v) is 11.5. The van der Waals surface area contributed by atoms with Crippen molar-refractivity contribution in [3.63, 3.8) is 0 Å². The molecule has 4 aromatic rings. The monoisotopic (exact) mass is 468 g/mol. The number of methoxy groups -OCH3 is 1. The maximum absolute atomic E-state index is 13.8. The van der Waals surface area contributed by atoms with Crippen molar-refractivity contribution in [3.05, 3.63) is 95.9 Å². The quantitative estimate of drug-likeness (QED) is 0.315. The van der Waals surface area contributed by atoms with E-state index in [0.717, 1.165) is 22.0 Å². The van der Waals surface area contributed by atoms with Crippen molar-refractivity contribution in [2.75, 3.05) is 20.3 Å². The number of pyridine rings is 1. The molecule has 0 fully saturated rings. The Morgan fingerprint density at radius 1 is 1.09 bits per heavy atom. The number of nitrogens with zero attached hydrogens (tertiary/aromatic N) is 4. The molecule has 0 saturated carbocycles. The summed E-state index contributed by atoms with van der Waals surface area (Å²) in [7, 11) is 1.64. The number of fused-ring (bicyclic) bond motifs is 1. The Morgan fingerprint density at radius 2 is 1.91 bits per heavy atom. The van der Waals surface area contributed by atoms with Crippen molar-refractivity contribution in [1.82, 2.24) is 14.5 Å². The van der Waals surface area contributed by atoms with E-state index in [-0.39, 0.29) is 12.3 Å². The number of benzene rings is 2. The number of ether oxygens (including phenoxy) is 2. The third-order valence-electron chi connectivity index (χ3n) is 5.76. The fraction of sp³-hybridized carbons (Fsp3) is 0.250. The van der Waals surface area contributed by atoms with Crippen LogP contribution in [0.1, 0.15) is 28.0 Å². The largest absolute Gasteiger partial charge is 0.488 e. The molecule has 2 aromatic heterocycles. The van der Waals surface area contributed by atoms with Crippen LogP contribution in [0.4, 0.5) is 0 Å². The van der Waals surface area contributed by atoms with Crippen molar-refractivity contribution >= 4 is 16.8 Å². The topological polar surface area (TPSA) is 80.4 Å². The third-order valence-corrected chi connectivity index (χ3v) is 5.76. The van der Waals surface area contributed by atoms with E-state index in [0.29, 0.717) is 44.3 Å². The number of amides is 1. The number of carbonyl (C=O) groups is 1. The first kappa shape index (κ1) is 24.0. The second kappa shape index (κ2) is 11.8. The highest BCUT2D eigenvalue weighted by Crippen LogP contribution is 2.30. The van der Waals surface area contributed by atoms with Crippen molar-refractivity contribution in [2.24, 2.45) is 0 Å². The molecule has 7 heteroatoms. The van der Waals surface area contributed by atoms with E-state index in [1.54, 1.807) is 24.4 Å². The van der Waals surface area contributed by atoms with E-state index in [2.05, 4.69) is 11.1 Å². The zero-order valence-electron chi connectivity index (χ0n) is 19.8. The van der Waals surface area contributed by atoms with Crippen LogP contribution < -0.4 is 4.74 Å². The minimum atomic E-state index is -0.148. The van der Waals surface area contributed by atoms with Crippen LogP contribution in [-0.2, 0) is 24.4 Å². The summed E-state index contributed by atoms with van der Waals surface area (Å²) in [5.74, 6) is 0.567. The molecule has 178 valence electrons. The zero-order valence-corrected chi connectivity index (χ0v) is 19.8. The molecule has 2 heterocycles. The van der Waals surface area contributed by atoms with Crippen LogP contribution in [0.2, 0.25) is 0 Å². The summed E-state index contributed by atoms with van der Waals surface area (Å²) < 4.78 is 13.5. The highest BCUT2D eigenvalue weighted by molar-refractivity contribution is 6.00. The normalized spacial score (nSPS) is 10.7. The lowest BCUT2D eigenvalue weighted by Crippen LogP contribution is -2.33. The Hall–Kier alpha value is -4.15. The Kier molecular flexibility index (Phi) is 8.10. The van der Waals surface area contributed by atoms with Gasteiger partial charge in [-0.05, 0) is 35.4 Å². The van der Waals surface area contributed by atoms with Crippen LogP contribution in [0.15, 0.2) is 79.1 Å². The Bertz CT molecular complexity index is 1300. The minimum absolute atomic E-state index is 0.148. The number of carbonyl (C=O) groups excluding carboxylic acids is 1. The van der Waals surface area contributed by atoms with Gasteiger partial charge in [-0.2, -0.15) is 5.26 Å². The van der Waals surface area contributed by atoms with Crippen LogP contribution in [0, 0.1) is 11.3 Å². The summed E-state index contributed by atoms with van der Waals surface area (Å²) in [6, 6.07) is 23.6. The van der Waals surface area contributed by atoms with Gasteiger partial charge in [0.2, 0.25) is 0 Å². The zero-order chi connectivity index (χ0) is 24.5. The average Bonchev–Trinajstić information content (AvgIpc) is 3.28. The van der Waals surface area contributed by atoms with E-state index in [1.165, 1.54) is 0 Å². The number of aromatic nitrogens is 2. The van der Waals surface area contributed by atoms with Crippen LogP contribution in [-0.4, -0.2) is 40.6 Å². The molecule has 2 aromatic carbocycles. The molecule has 0 radical (unpaired) electrons. The summed E-state index contributed by atoms with van der Waals surface area (Å²) >= 11 is 0. The van der Waals surface area contributed by atoms with Crippen molar-refractivity contribution in [1.29, 1.82) is 5.26 Å². The Labute approximate surface area is 205 Å². The van der Waals surface area contributed by atoms with Crippen molar-refractivity contribution in [2.45, 2.75) is 26.1 Å². The van der Waals surface area contributed by atoms with E-state index in [1.807, 2.05) is 71.3 Å². The molecule has 35 heavy (non-hydrogen) atoms. The van der Waals surface area contributed by atoms with Gasteiger partial charge in [0.25, 0.3) is 5.91 Å². The second-order valence-electron chi connectivity index (χ2n) is 8.13. The lowest BCUT2D eigenvalue weighted by atomic mass is 10.2. The second-order valence-corrected chi connectivity index (χ2v) is 8.13. The van der Waals surface area contributed by atoms with Gasteiger partial charge in [-0.1, -0.05) is 42.5 Å². The fourth-order valence-electron chi connectivity index (χ4n) is 4.03. The lowest BCUT2D eigenvalue weighted by molar-refractivity contribution is 0.0734. The first-order chi connectivity index (χ1) is 17.2. The van der Waals surface area contributed by atoms with Gasteiger partial charge in [-0.25, -0.2) is 0 Å². The highest BCUT2D eigenvalue weighted by Gasteiger charge is 2.23. The smallest absolute Gasteiger partial charge is 0.270 e. The highest BCUT2D eigenvalue weighted by atomic mass is 16.5. The van der Waals surface area contributed by atoms with Crippen molar-refractivity contribution < 1.29 is 14.3 Å². The molecule has 0 spiro atoms. The molecule has 0 saturated heterocycles. The molecular formula is C28H28N4O3. The number of hydrogen-bond donors (Lipinski definition) is 0. The Balaban J connectivity index is 1.69. The molecule has 4 rings (SSSR count). The lowest BCUT2D eigenvalue weighted by Gasteiger charge is -2.22. The first-order valence-electron chi connectivity index (χ1n) is 11.5. The van der Waals surface area contributed by atoms with Gasteiger partial charge >= 0.3 is 0 Å². The number of nitriles is 1. The van der Waals surface area contributed by atoms with Crippen LogP contribution >= 0.6 is 0 Å². The van der Waals surface area contributed by atoms with Gasteiger partial charge in [0.05, 0.1) is 24.6 Å². The van der Waals surface area contributed by atoms with Crippen LogP contribution in [0.3, 0.4) is 0 Å². The summed E-state index contributed by atoms with van der Waals surface area (Å²) in [5, 5.41) is 10.0. The van der Waals surface area contributed by atoms with E-state index >= 15 is 0 Å². The molecule has 0 aliphatic heterocycles. The van der Waals surface area contributed by atoms with E-state index in [4.69, 9.17) is 14.7 Å². The molecular weight excluding hydrogens is 440 g/mol. The minimum Gasteiger partial charge on any atom is -0.488 e. The maximum Gasteiger partial charge on any atom is 0.270 e. The number of hydrogen-bond acceptors (Lipinski definition) is 5. The predicted molar refractivity (Wildman–Crippen MR) is 134 cm³/mol. The molecule has 0 aliphatic carbocycles. The van der Waals surface area contributed by atoms with E-state index < -0.39 is 0 Å². The average molecular weight is 469 g/mol. The SMILES string of the molecule is COCCn1c(C(=O)N(CCC#N)Cc2cccnc2)cc2c(OCc3ccccc3)cccc21. The van der Waals surface area contributed by atoms with Gasteiger partial charge in [-0.3, -0.25) is 9.78 Å². The maximum atomic E-state index is 13.8. The molecule has 0 aliphatic rings. The fourth-order valence-corrected chi connectivity index (χ4v) is 4.03. The number of rotatable bonds is 11. The molecule has 0 bridgehead atoms. The van der Waals surface area contributed by atoms with Gasteiger partial charge in [0.15, 0.2) is 0 Å². The molecule has 1 amide bonds. The summed E-state index contributed by atoms with van der Waals surface area (Å²) in [6.07, 6.45) is 3.68. The van der Waals surface area contributed by atoms with Crippen LogP contribution in [0.25, 0.3) is 10.9 Å². The third kappa shape index (κ3) is 5.86. The molecule has 7 nitrogen and oxygen atoms in total. The van der Waals surface area contributed by atoms with E-state index in [9.17, 15) is 4.79 Å². The summed E-state index contributed by atoms with van der Waals surface area (Å²) in [6.45, 7) is 2.11. The van der Waals surface area contributed by atoms with Crippen molar-refractivity contribution in [3.8, 4) is 11.8 Å². The summed E-state index contributed by atoms with van der Waals surface area (Å²) in [4.78, 5) is 19.6. The Morgan fingerprint density at radius 3 is 2.66 bits per heavy atom. The predicted octanol–water partition coefficient (Wildman–Crippen LogP) is 4.82. The summed E-state index contributed by atoms with van der Waals surface area (Å²) in [5.41, 5.74) is 3.41. The molecule has 0 N–H and O–H groups in total. The van der Waals surface area contributed by atoms with Gasteiger partial charge < -0.3 is 18.9 Å².